The van der Waals surface area contributed by atoms with Gasteiger partial charge in [0.25, 0.3) is 11.7 Å². The first kappa shape index (κ1) is 20.9. The third kappa shape index (κ3) is 3.65. The highest BCUT2D eigenvalue weighted by atomic mass is 16.5. The van der Waals surface area contributed by atoms with Crippen LogP contribution < -0.4 is 14.4 Å². The summed E-state index contributed by atoms with van der Waals surface area (Å²) in [5.41, 5.74) is 1.88. The number of anilines is 1. The Kier molecular flexibility index (Phi) is 5.17. The second-order valence-corrected chi connectivity index (χ2v) is 8.27. The molecule has 7 nitrogen and oxygen atoms in total. The van der Waals surface area contributed by atoms with Crippen molar-refractivity contribution in [3.05, 3.63) is 83.3 Å². The van der Waals surface area contributed by atoms with Crippen LogP contribution in [0.3, 0.4) is 0 Å². The summed E-state index contributed by atoms with van der Waals surface area (Å²) in [5, 5.41) is 11.2. The van der Waals surface area contributed by atoms with Gasteiger partial charge in [-0.2, -0.15) is 0 Å². The van der Waals surface area contributed by atoms with E-state index in [1.165, 1.54) is 11.2 Å². The van der Waals surface area contributed by atoms with Gasteiger partial charge >= 0.3 is 0 Å². The van der Waals surface area contributed by atoms with E-state index in [-0.39, 0.29) is 17.4 Å². The van der Waals surface area contributed by atoms with Crippen molar-refractivity contribution in [2.24, 2.45) is 0 Å². The Hall–Kier alpha value is -4.00. The van der Waals surface area contributed by atoms with E-state index >= 15 is 0 Å². The van der Waals surface area contributed by atoms with Crippen molar-refractivity contribution < 1.29 is 28.6 Å². The molecule has 3 aromatic rings. The molecule has 0 spiro atoms. The van der Waals surface area contributed by atoms with Crippen LogP contribution in [-0.2, 0) is 16.0 Å². The molecule has 3 heterocycles. The fourth-order valence-electron chi connectivity index (χ4n) is 4.26. The number of hydrogen-bond donors (Lipinski definition) is 1. The van der Waals surface area contributed by atoms with Gasteiger partial charge in [-0.05, 0) is 74.0 Å². The first-order valence-electron chi connectivity index (χ1n) is 10.8. The molecule has 2 aromatic carbocycles. The lowest BCUT2D eigenvalue weighted by Gasteiger charge is -2.23. The van der Waals surface area contributed by atoms with Crippen molar-refractivity contribution in [1.29, 1.82) is 0 Å². The van der Waals surface area contributed by atoms with Crippen molar-refractivity contribution >= 4 is 23.1 Å². The number of carbonyl (C=O) groups excluding carboxylic acids is 2. The third-order valence-corrected chi connectivity index (χ3v) is 5.71. The first-order chi connectivity index (χ1) is 15.9. The normalized spacial score (nSPS) is 19.1. The van der Waals surface area contributed by atoms with Gasteiger partial charge < -0.3 is 19.0 Å². The molecule has 1 amide bonds. The minimum absolute atomic E-state index is 0.00548. The van der Waals surface area contributed by atoms with E-state index in [2.05, 4.69) is 0 Å². The predicted molar refractivity (Wildman–Crippen MR) is 121 cm³/mol. The number of benzene rings is 2. The smallest absolute Gasteiger partial charge is 0.300 e. The summed E-state index contributed by atoms with van der Waals surface area (Å²) in [6.45, 7) is 4.43. The standard InChI is InChI=1S/C26H23NO6/c1-15(2)33-19-8-6-18(7-9-19)27-23(21-4-3-12-31-21)22(25(29)26(27)30)24(28)17-5-10-20-16(14-17)11-13-32-20/h3-10,12,14-15,23,28H,11,13H2,1-2H3/b24-22-. The number of carbonyl (C=O) groups is 2. The zero-order chi connectivity index (χ0) is 23.1. The highest BCUT2D eigenvalue weighted by Crippen LogP contribution is 2.43. The summed E-state index contributed by atoms with van der Waals surface area (Å²) in [6, 6.07) is 14.6. The summed E-state index contributed by atoms with van der Waals surface area (Å²) in [6.07, 6.45) is 2.20. The maximum Gasteiger partial charge on any atom is 0.300 e. The molecule has 5 rings (SSSR count). The zero-order valence-electron chi connectivity index (χ0n) is 18.3. The first-order valence-corrected chi connectivity index (χ1v) is 10.8. The highest BCUT2D eigenvalue weighted by molar-refractivity contribution is 6.51. The number of rotatable bonds is 5. The molecule has 2 aliphatic rings. The molecule has 1 aromatic heterocycles. The van der Waals surface area contributed by atoms with Crippen LogP contribution in [0.1, 0.15) is 36.8 Å². The molecule has 33 heavy (non-hydrogen) atoms. The van der Waals surface area contributed by atoms with Crippen LogP contribution in [0.25, 0.3) is 5.76 Å². The number of furan rings is 1. The average molecular weight is 445 g/mol. The summed E-state index contributed by atoms with van der Waals surface area (Å²) >= 11 is 0. The van der Waals surface area contributed by atoms with Gasteiger partial charge in [-0.1, -0.05) is 0 Å². The predicted octanol–water partition coefficient (Wildman–Crippen LogP) is 4.63. The summed E-state index contributed by atoms with van der Waals surface area (Å²) < 4.78 is 16.8. The molecule has 0 saturated carbocycles. The molecule has 0 radical (unpaired) electrons. The van der Waals surface area contributed by atoms with Crippen LogP contribution in [0.2, 0.25) is 0 Å². The van der Waals surface area contributed by atoms with Crippen molar-refractivity contribution in [3.8, 4) is 11.5 Å². The Balaban J connectivity index is 1.61. The van der Waals surface area contributed by atoms with Crippen molar-refractivity contribution in [1.82, 2.24) is 0 Å². The Morgan fingerprint density at radius 3 is 2.61 bits per heavy atom. The summed E-state index contributed by atoms with van der Waals surface area (Å²) in [5.74, 6) is 0.0427. The molecule has 0 aliphatic carbocycles. The summed E-state index contributed by atoms with van der Waals surface area (Å²) in [7, 11) is 0. The fourth-order valence-corrected chi connectivity index (χ4v) is 4.26. The molecular weight excluding hydrogens is 422 g/mol. The van der Waals surface area contributed by atoms with Gasteiger partial charge in [0.2, 0.25) is 0 Å². The third-order valence-electron chi connectivity index (χ3n) is 5.71. The maximum absolute atomic E-state index is 13.2. The Labute approximate surface area is 190 Å². The molecule has 0 bridgehead atoms. The second-order valence-electron chi connectivity index (χ2n) is 8.27. The number of amides is 1. The number of ether oxygens (including phenoxy) is 2. The molecule has 1 saturated heterocycles. The minimum Gasteiger partial charge on any atom is -0.507 e. The number of Topliss-reactive ketones (excluding diaryl/α,β-unsaturated/α-hetero) is 1. The van der Waals surface area contributed by atoms with Gasteiger partial charge in [-0.25, -0.2) is 0 Å². The number of fused-ring (bicyclic) bond motifs is 1. The molecule has 1 N–H and O–H groups in total. The number of hydrogen-bond acceptors (Lipinski definition) is 6. The van der Waals surface area contributed by atoms with Crippen molar-refractivity contribution in [2.75, 3.05) is 11.5 Å². The molecule has 2 aliphatic heterocycles. The van der Waals surface area contributed by atoms with E-state index in [1.807, 2.05) is 13.8 Å². The van der Waals surface area contributed by atoms with Gasteiger partial charge in [-0.3, -0.25) is 14.5 Å². The van der Waals surface area contributed by atoms with Gasteiger partial charge in [0, 0.05) is 17.7 Å². The van der Waals surface area contributed by atoms with Crippen LogP contribution in [0, 0.1) is 0 Å². The van der Waals surface area contributed by atoms with Gasteiger partial charge in [-0.15, -0.1) is 0 Å². The zero-order valence-corrected chi connectivity index (χ0v) is 18.3. The monoisotopic (exact) mass is 445 g/mol. The lowest BCUT2D eigenvalue weighted by Crippen LogP contribution is -2.29. The van der Waals surface area contributed by atoms with Crippen LogP contribution in [0.4, 0.5) is 5.69 Å². The van der Waals surface area contributed by atoms with Gasteiger partial charge in [0.1, 0.15) is 29.1 Å². The van der Waals surface area contributed by atoms with Gasteiger partial charge in [0.15, 0.2) is 0 Å². The largest absolute Gasteiger partial charge is 0.507 e. The topological polar surface area (TPSA) is 89.2 Å². The second kappa shape index (κ2) is 8.16. The lowest BCUT2D eigenvalue weighted by atomic mass is 9.98. The Morgan fingerprint density at radius 1 is 1.12 bits per heavy atom. The van der Waals surface area contributed by atoms with Crippen molar-refractivity contribution in [3.63, 3.8) is 0 Å². The van der Waals surface area contributed by atoms with E-state index in [1.54, 1.807) is 54.6 Å². The number of ketones is 1. The quantitative estimate of drug-likeness (QED) is 0.350. The van der Waals surface area contributed by atoms with E-state index in [0.29, 0.717) is 29.4 Å². The number of aliphatic hydroxyl groups is 1. The van der Waals surface area contributed by atoms with Crippen LogP contribution in [0.5, 0.6) is 11.5 Å². The molecule has 168 valence electrons. The molecule has 1 fully saturated rings. The summed E-state index contributed by atoms with van der Waals surface area (Å²) in [4.78, 5) is 27.7. The fraction of sp³-hybridized carbons (Fsp3) is 0.231. The molecular formula is C26H23NO6. The van der Waals surface area contributed by atoms with Crippen LogP contribution >= 0.6 is 0 Å². The van der Waals surface area contributed by atoms with Crippen molar-refractivity contribution in [2.45, 2.75) is 32.4 Å². The maximum atomic E-state index is 13.2. The van der Waals surface area contributed by atoms with E-state index in [9.17, 15) is 14.7 Å². The SMILES string of the molecule is CC(C)Oc1ccc(N2C(=O)C(=O)/C(=C(\O)c3ccc4c(c3)CCO4)C2c2ccco2)cc1. The van der Waals surface area contributed by atoms with E-state index < -0.39 is 17.7 Å². The van der Waals surface area contributed by atoms with Gasteiger partial charge in [0.05, 0.1) is 24.5 Å². The van der Waals surface area contributed by atoms with Crippen LogP contribution in [0.15, 0.2) is 70.9 Å². The number of nitrogens with zero attached hydrogens (tertiary/aromatic N) is 1. The average Bonchev–Trinajstić information content (AvgIpc) is 3.54. The highest BCUT2D eigenvalue weighted by Gasteiger charge is 2.48. The number of aliphatic hydroxyl groups excluding tert-OH is 1. The molecule has 1 unspecified atom stereocenters. The lowest BCUT2D eigenvalue weighted by molar-refractivity contribution is -0.132. The van der Waals surface area contributed by atoms with E-state index in [0.717, 1.165) is 17.7 Å². The van der Waals surface area contributed by atoms with Crippen LogP contribution in [-0.4, -0.2) is 29.5 Å². The van der Waals surface area contributed by atoms with E-state index in [4.69, 9.17) is 13.9 Å². The molecule has 7 heteroatoms. The molecule has 1 atom stereocenters. The Bertz CT molecular complexity index is 1240. The Morgan fingerprint density at radius 2 is 1.91 bits per heavy atom. The minimum atomic E-state index is -0.902.